The van der Waals surface area contributed by atoms with E-state index in [1.54, 1.807) is 6.92 Å². The van der Waals surface area contributed by atoms with Crippen LogP contribution in [0.3, 0.4) is 0 Å². The molecule has 92 valence electrons. The number of carbonyl (C=O) groups excluding carboxylic acids is 1. The van der Waals surface area contributed by atoms with Crippen molar-refractivity contribution < 1.29 is 10.0 Å². The standard InChI is InChI=1S/C10H20N4O2/c1-8(9(11)13-16)10(15)12-4-7-14-5-2-3-6-14/h8,16H,2-7H2,1H3,(H2,11,13)(H,12,15). The topological polar surface area (TPSA) is 91.0 Å². The number of rotatable bonds is 5. The van der Waals surface area contributed by atoms with E-state index in [9.17, 15) is 4.79 Å². The zero-order valence-electron chi connectivity index (χ0n) is 9.65. The zero-order valence-corrected chi connectivity index (χ0v) is 9.65. The molecule has 1 aliphatic heterocycles. The summed E-state index contributed by atoms with van der Waals surface area (Å²) >= 11 is 0. The summed E-state index contributed by atoms with van der Waals surface area (Å²) in [6, 6.07) is 0. The molecule has 0 saturated carbocycles. The van der Waals surface area contributed by atoms with Crippen LogP contribution in [0.15, 0.2) is 5.16 Å². The van der Waals surface area contributed by atoms with Crippen molar-refractivity contribution in [3.63, 3.8) is 0 Å². The van der Waals surface area contributed by atoms with E-state index in [0.29, 0.717) is 6.54 Å². The van der Waals surface area contributed by atoms with Crippen LogP contribution in [0, 0.1) is 5.92 Å². The van der Waals surface area contributed by atoms with Crippen molar-refractivity contribution in [2.24, 2.45) is 16.8 Å². The van der Waals surface area contributed by atoms with Gasteiger partial charge in [0.15, 0.2) is 5.84 Å². The van der Waals surface area contributed by atoms with Crippen molar-refractivity contribution in [3.8, 4) is 0 Å². The van der Waals surface area contributed by atoms with Gasteiger partial charge in [-0.3, -0.25) is 4.79 Å². The molecule has 0 spiro atoms. The average molecular weight is 228 g/mol. The summed E-state index contributed by atoms with van der Waals surface area (Å²) in [5, 5.41) is 14.0. The van der Waals surface area contributed by atoms with E-state index >= 15 is 0 Å². The van der Waals surface area contributed by atoms with Gasteiger partial charge in [0.2, 0.25) is 5.91 Å². The molecule has 1 unspecified atom stereocenters. The number of hydrogen-bond acceptors (Lipinski definition) is 4. The van der Waals surface area contributed by atoms with Crippen LogP contribution in [-0.2, 0) is 4.79 Å². The summed E-state index contributed by atoms with van der Waals surface area (Å²) in [7, 11) is 0. The third-order valence-corrected chi connectivity index (χ3v) is 2.88. The molecule has 0 aromatic rings. The average Bonchev–Trinajstić information content (AvgIpc) is 2.79. The Morgan fingerprint density at radius 2 is 2.19 bits per heavy atom. The lowest BCUT2D eigenvalue weighted by Crippen LogP contribution is -2.40. The van der Waals surface area contributed by atoms with E-state index in [4.69, 9.17) is 10.9 Å². The number of likely N-dealkylation sites (tertiary alicyclic amines) is 1. The molecule has 0 aliphatic carbocycles. The molecule has 6 nitrogen and oxygen atoms in total. The summed E-state index contributed by atoms with van der Waals surface area (Å²) in [5.41, 5.74) is 5.34. The van der Waals surface area contributed by atoms with Crippen molar-refractivity contribution >= 4 is 11.7 Å². The molecule has 0 aromatic heterocycles. The van der Waals surface area contributed by atoms with Gasteiger partial charge in [0, 0.05) is 13.1 Å². The fourth-order valence-corrected chi connectivity index (χ4v) is 1.72. The van der Waals surface area contributed by atoms with Gasteiger partial charge in [-0.05, 0) is 32.9 Å². The first-order valence-electron chi connectivity index (χ1n) is 5.62. The Labute approximate surface area is 95.5 Å². The Bertz CT molecular complexity index is 262. The van der Waals surface area contributed by atoms with Crippen LogP contribution < -0.4 is 11.1 Å². The second-order valence-electron chi connectivity index (χ2n) is 4.09. The van der Waals surface area contributed by atoms with Crippen LogP contribution in [0.5, 0.6) is 0 Å². The molecule has 6 heteroatoms. The number of nitrogens with one attached hydrogen (secondary N) is 1. The first-order valence-corrected chi connectivity index (χ1v) is 5.62. The smallest absolute Gasteiger partial charge is 0.230 e. The molecule has 0 radical (unpaired) electrons. The second-order valence-corrected chi connectivity index (χ2v) is 4.09. The van der Waals surface area contributed by atoms with E-state index < -0.39 is 5.92 Å². The largest absolute Gasteiger partial charge is 0.409 e. The van der Waals surface area contributed by atoms with Gasteiger partial charge in [0.25, 0.3) is 0 Å². The molecule has 1 saturated heterocycles. The van der Waals surface area contributed by atoms with Gasteiger partial charge in [0.1, 0.15) is 0 Å². The lowest BCUT2D eigenvalue weighted by Gasteiger charge is -2.16. The van der Waals surface area contributed by atoms with Crippen LogP contribution in [0.25, 0.3) is 0 Å². The van der Waals surface area contributed by atoms with Crippen LogP contribution in [0.4, 0.5) is 0 Å². The van der Waals surface area contributed by atoms with Gasteiger partial charge in [-0.15, -0.1) is 0 Å². The molecule has 1 amide bonds. The fraction of sp³-hybridized carbons (Fsp3) is 0.800. The highest BCUT2D eigenvalue weighted by Gasteiger charge is 2.17. The van der Waals surface area contributed by atoms with Crippen molar-refractivity contribution in [3.05, 3.63) is 0 Å². The predicted molar refractivity (Wildman–Crippen MR) is 61.3 cm³/mol. The van der Waals surface area contributed by atoms with E-state index in [1.807, 2.05) is 0 Å². The monoisotopic (exact) mass is 228 g/mol. The van der Waals surface area contributed by atoms with Gasteiger partial charge in [0.05, 0.1) is 5.92 Å². The predicted octanol–water partition coefficient (Wildman–Crippen LogP) is -0.419. The van der Waals surface area contributed by atoms with E-state index in [0.717, 1.165) is 19.6 Å². The number of amidine groups is 1. The molecule has 4 N–H and O–H groups in total. The van der Waals surface area contributed by atoms with Crippen molar-refractivity contribution in [1.29, 1.82) is 0 Å². The van der Waals surface area contributed by atoms with Crippen LogP contribution in [0.2, 0.25) is 0 Å². The van der Waals surface area contributed by atoms with Crippen LogP contribution in [-0.4, -0.2) is 48.0 Å². The summed E-state index contributed by atoms with van der Waals surface area (Å²) < 4.78 is 0. The fourth-order valence-electron chi connectivity index (χ4n) is 1.72. The maximum absolute atomic E-state index is 11.5. The number of oxime groups is 1. The highest BCUT2D eigenvalue weighted by molar-refractivity contribution is 6.01. The van der Waals surface area contributed by atoms with Gasteiger partial charge >= 0.3 is 0 Å². The number of nitrogens with two attached hydrogens (primary N) is 1. The Kier molecular flexibility index (Phi) is 5.04. The number of hydrogen-bond donors (Lipinski definition) is 3. The third kappa shape index (κ3) is 3.69. The molecule has 0 aromatic carbocycles. The minimum atomic E-state index is -0.580. The molecule has 16 heavy (non-hydrogen) atoms. The van der Waals surface area contributed by atoms with E-state index in [1.165, 1.54) is 12.8 Å². The van der Waals surface area contributed by atoms with Crippen LogP contribution >= 0.6 is 0 Å². The lowest BCUT2D eigenvalue weighted by atomic mass is 10.1. The first kappa shape index (κ1) is 12.8. The Balaban J connectivity index is 2.19. The SMILES string of the molecule is CC(C(=O)NCCN1CCCC1)C(N)=NO. The Morgan fingerprint density at radius 1 is 1.56 bits per heavy atom. The van der Waals surface area contributed by atoms with Crippen molar-refractivity contribution in [1.82, 2.24) is 10.2 Å². The van der Waals surface area contributed by atoms with E-state index in [-0.39, 0.29) is 11.7 Å². The number of nitrogens with zero attached hydrogens (tertiary/aromatic N) is 2. The maximum atomic E-state index is 11.5. The lowest BCUT2D eigenvalue weighted by molar-refractivity contribution is -0.122. The highest BCUT2D eigenvalue weighted by Crippen LogP contribution is 2.05. The second kappa shape index (κ2) is 6.32. The maximum Gasteiger partial charge on any atom is 0.230 e. The Hall–Kier alpha value is -1.30. The molecule has 1 rings (SSSR count). The third-order valence-electron chi connectivity index (χ3n) is 2.88. The molecular weight excluding hydrogens is 208 g/mol. The molecule has 1 atom stereocenters. The summed E-state index contributed by atoms with van der Waals surface area (Å²) in [4.78, 5) is 13.8. The minimum absolute atomic E-state index is 0.0568. The normalized spacial score (nSPS) is 19.7. The van der Waals surface area contributed by atoms with Gasteiger partial charge in [-0.25, -0.2) is 0 Å². The zero-order chi connectivity index (χ0) is 12.0. The van der Waals surface area contributed by atoms with Gasteiger partial charge in [-0.2, -0.15) is 0 Å². The van der Waals surface area contributed by atoms with Crippen LogP contribution in [0.1, 0.15) is 19.8 Å². The van der Waals surface area contributed by atoms with Gasteiger partial charge < -0.3 is 21.2 Å². The molecule has 1 aliphatic rings. The number of amides is 1. The Morgan fingerprint density at radius 3 is 2.75 bits per heavy atom. The summed E-state index contributed by atoms with van der Waals surface area (Å²) in [6.07, 6.45) is 2.49. The molecule has 1 heterocycles. The van der Waals surface area contributed by atoms with Crippen molar-refractivity contribution in [2.45, 2.75) is 19.8 Å². The van der Waals surface area contributed by atoms with E-state index in [2.05, 4.69) is 15.4 Å². The molecular formula is C10H20N4O2. The summed E-state index contributed by atoms with van der Waals surface area (Å²) in [5.74, 6) is -0.836. The first-order chi connectivity index (χ1) is 7.65. The molecule has 1 fully saturated rings. The quantitative estimate of drug-likeness (QED) is 0.258. The highest BCUT2D eigenvalue weighted by atomic mass is 16.4. The number of carbonyl (C=O) groups is 1. The van der Waals surface area contributed by atoms with Gasteiger partial charge in [-0.1, -0.05) is 5.16 Å². The van der Waals surface area contributed by atoms with Crippen molar-refractivity contribution in [2.75, 3.05) is 26.2 Å². The molecule has 0 bridgehead atoms. The minimum Gasteiger partial charge on any atom is -0.409 e. The summed E-state index contributed by atoms with van der Waals surface area (Å²) in [6.45, 7) is 5.33.